The molecule has 4 aromatic rings. The van der Waals surface area contributed by atoms with E-state index in [0.717, 1.165) is 24.3 Å². The molecule has 0 radical (unpaired) electrons. The monoisotopic (exact) mass is 356 g/mol. The highest BCUT2D eigenvalue weighted by molar-refractivity contribution is 6.06. The first-order valence-electron chi connectivity index (χ1n) is 9.57. The average molecular weight is 356 g/mol. The standard InChI is InChI=1S/C24H24N2O/c1-16-12-24-21(20-10-6-7-11-23(20)27-24)13-22(16)26-15-19-9-5-4-8-18(19)14-25(3)17(26)2/h4-13,17H,14-15H2,1-3H3. The number of aryl methyl sites for hydroxylation is 1. The summed E-state index contributed by atoms with van der Waals surface area (Å²) in [6.45, 7) is 6.38. The van der Waals surface area contributed by atoms with E-state index in [1.54, 1.807) is 0 Å². The second-order valence-corrected chi connectivity index (χ2v) is 7.68. The van der Waals surface area contributed by atoms with Crippen molar-refractivity contribution in [1.82, 2.24) is 4.90 Å². The lowest BCUT2D eigenvalue weighted by Crippen LogP contribution is -2.42. The van der Waals surface area contributed by atoms with E-state index in [0.29, 0.717) is 6.17 Å². The number of anilines is 1. The second kappa shape index (κ2) is 6.14. The average Bonchev–Trinajstić information content (AvgIpc) is 2.97. The van der Waals surface area contributed by atoms with E-state index in [1.807, 2.05) is 12.1 Å². The molecule has 0 saturated heterocycles. The second-order valence-electron chi connectivity index (χ2n) is 7.68. The fraction of sp³-hybridized carbons (Fsp3) is 0.250. The Labute approximate surface area is 159 Å². The van der Waals surface area contributed by atoms with Gasteiger partial charge in [0.25, 0.3) is 0 Å². The van der Waals surface area contributed by atoms with Gasteiger partial charge in [0.05, 0.1) is 6.17 Å². The molecule has 0 bridgehead atoms. The highest BCUT2D eigenvalue weighted by Gasteiger charge is 2.26. The van der Waals surface area contributed by atoms with Crippen LogP contribution in [0.25, 0.3) is 21.9 Å². The molecule has 2 heterocycles. The fourth-order valence-electron chi connectivity index (χ4n) is 4.28. The summed E-state index contributed by atoms with van der Waals surface area (Å²) < 4.78 is 6.08. The van der Waals surface area contributed by atoms with E-state index < -0.39 is 0 Å². The molecule has 3 heteroatoms. The zero-order valence-corrected chi connectivity index (χ0v) is 16.1. The van der Waals surface area contributed by atoms with Crippen LogP contribution in [0.15, 0.2) is 65.1 Å². The van der Waals surface area contributed by atoms with Crippen molar-refractivity contribution in [2.24, 2.45) is 0 Å². The molecule has 0 fully saturated rings. The molecule has 0 saturated carbocycles. The summed E-state index contributed by atoms with van der Waals surface area (Å²) in [5.41, 5.74) is 7.28. The fourth-order valence-corrected chi connectivity index (χ4v) is 4.28. The van der Waals surface area contributed by atoms with E-state index in [4.69, 9.17) is 4.42 Å². The predicted octanol–water partition coefficient (Wildman–Crippen LogP) is 5.69. The normalized spacial score (nSPS) is 18.0. The van der Waals surface area contributed by atoms with Crippen LogP contribution >= 0.6 is 0 Å². The number of hydrogen-bond donors (Lipinski definition) is 0. The van der Waals surface area contributed by atoms with Gasteiger partial charge in [-0.15, -0.1) is 0 Å². The maximum atomic E-state index is 6.08. The Bertz CT molecular complexity index is 1140. The van der Waals surface area contributed by atoms with Crippen molar-refractivity contribution in [3.05, 3.63) is 77.4 Å². The minimum atomic E-state index is 0.312. The van der Waals surface area contributed by atoms with Gasteiger partial charge in [0, 0.05) is 29.5 Å². The van der Waals surface area contributed by atoms with Gasteiger partial charge in [-0.05, 0) is 55.8 Å². The van der Waals surface area contributed by atoms with E-state index in [-0.39, 0.29) is 0 Å². The van der Waals surface area contributed by atoms with Gasteiger partial charge in [0.15, 0.2) is 0 Å². The highest BCUT2D eigenvalue weighted by Crippen LogP contribution is 2.36. The summed E-state index contributed by atoms with van der Waals surface area (Å²) in [5.74, 6) is 0. The van der Waals surface area contributed by atoms with E-state index in [2.05, 4.69) is 79.2 Å². The molecule has 3 aromatic carbocycles. The zero-order chi connectivity index (χ0) is 18.5. The molecule has 5 rings (SSSR count). The lowest BCUT2D eigenvalue weighted by Gasteiger charge is -2.35. The molecule has 1 aliphatic heterocycles. The van der Waals surface area contributed by atoms with Crippen LogP contribution in [0.1, 0.15) is 23.6 Å². The Morgan fingerprint density at radius 1 is 0.852 bits per heavy atom. The van der Waals surface area contributed by atoms with Gasteiger partial charge in [-0.25, -0.2) is 0 Å². The Balaban J connectivity index is 1.69. The molecule has 3 nitrogen and oxygen atoms in total. The lowest BCUT2D eigenvalue weighted by molar-refractivity contribution is 0.248. The van der Waals surface area contributed by atoms with Gasteiger partial charge < -0.3 is 9.32 Å². The molecule has 27 heavy (non-hydrogen) atoms. The number of hydrogen-bond acceptors (Lipinski definition) is 3. The van der Waals surface area contributed by atoms with Gasteiger partial charge >= 0.3 is 0 Å². The van der Waals surface area contributed by atoms with Crippen LogP contribution in [-0.4, -0.2) is 18.1 Å². The van der Waals surface area contributed by atoms with Crippen molar-refractivity contribution in [3.63, 3.8) is 0 Å². The van der Waals surface area contributed by atoms with Crippen LogP contribution in [-0.2, 0) is 13.1 Å². The maximum absolute atomic E-state index is 6.08. The number of furan rings is 1. The lowest BCUT2D eigenvalue weighted by atomic mass is 10.1. The first kappa shape index (κ1) is 16.4. The number of rotatable bonds is 1. The number of para-hydroxylation sites is 1. The third-order valence-corrected chi connectivity index (χ3v) is 5.97. The minimum absolute atomic E-state index is 0.312. The van der Waals surface area contributed by atoms with Crippen molar-refractivity contribution in [2.45, 2.75) is 33.1 Å². The SMILES string of the molecule is Cc1cc2oc3ccccc3c2cc1N1Cc2ccccc2CN(C)C1C. The molecule has 1 unspecified atom stereocenters. The molecule has 1 atom stereocenters. The van der Waals surface area contributed by atoms with Gasteiger partial charge in [-0.1, -0.05) is 42.5 Å². The van der Waals surface area contributed by atoms with E-state index in [9.17, 15) is 0 Å². The van der Waals surface area contributed by atoms with Crippen molar-refractivity contribution >= 4 is 27.6 Å². The van der Waals surface area contributed by atoms with E-state index >= 15 is 0 Å². The van der Waals surface area contributed by atoms with Gasteiger partial charge in [0.1, 0.15) is 11.2 Å². The summed E-state index contributed by atoms with van der Waals surface area (Å²) in [6, 6.07) is 21.6. The zero-order valence-electron chi connectivity index (χ0n) is 16.1. The quantitative estimate of drug-likeness (QED) is 0.437. The number of benzene rings is 3. The molecule has 1 aromatic heterocycles. The minimum Gasteiger partial charge on any atom is -0.456 e. The van der Waals surface area contributed by atoms with Crippen LogP contribution in [0.2, 0.25) is 0 Å². The maximum Gasteiger partial charge on any atom is 0.135 e. The summed E-state index contributed by atoms with van der Waals surface area (Å²) >= 11 is 0. The molecule has 1 aliphatic rings. The van der Waals surface area contributed by atoms with E-state index in [1.165, 1.54) is 33.2 Å². The summed E-state index contributed by atoms with van der Waals surface area (Å²) in [7, 11) is 2.21. The first-order chi connectivity index (χ1) is 13.1. The first-order valence-corrected chi connectivity index (χ1v) is 9.57. The number of fused-ring (bicyclic) bond motifs is 4. The van der Waals surface area contributed by atoms with Crippen LogP contribution in [0, 0.1) is 6.92 Å². The predicted molar refractivity (Wildman–Crippen MR) is 112 cm³/mol. The molecule has 0 amide bonds. The van der Waals surface area contributed by atoms with Crippen molar-refractivity contribution < 1.29 is 4.42 Å². The van der Waals surface area contributed by atoms with Gasteiger partial charge in [-0.2, -0.15) is 0 Å². The largest absolute Gasteiger partial charge is 0.456 e. The molecular formula is C24H24N2O. The van der Waals surface area contributed by atoms with Gasteiger partial charge in [-0.3, -0.25) is 4.90 Å². The Morgan fingerprint density at radius 3 is 2.37 bits per heavy atom. The topological polar surface area (TPSA) is 19.6 Å². The summed E-state index contributed by atoms with van der Waals surface area (Å²) in [6.07, 6.45) is 0.312. The van der Waals surface area contributed by atoms with Crippen molar-refractivity contribution in [1.29, 1.82) is 0 Å². The third kappa shape index (κ3) is 2.62. The summed E-state index contributed by atoms with van der Waals surface area (Å²) in [5, 5.41) is 2.38. The van der Waals surface area contributed by atoms with Crippen LogP contribution in [0.4, 0.5) is 5.69 Å². The smallest absolute Gasteiger partial charge is 0.135 e. The van der Waals surface area contributed by atoms with Crippen LogP contribution < -0.4 is 4.90 Å². The molecule has 136 valence electrons. The van der Waals surface area contributed by atoms with Crippen molar-refractivity contribution in [2.75, 3.05) is 11.9 Å². The highest BCUT2D eigenvalue weighted by atomic mass is 16.3. The molecule has 0 aliphatic carbocycles. The number of nitrogens with zero attached hydrogens (tertiary/aromatic N) is 2. The Kier molecular flexibility index (Phi) is 3.73. The van der Waals surface area contributed by atoms with Gasteiger partial charge in [0.2, 0.25) is 0 Å². The molecular weight excluding hydrogens is 332 g/mol. The molecule has 0 N–H and O–H groups in total. The Morgan fingerprint density at radius 2 is 1.56 bits per heavy atom. The Hall–Kier alpha value is -2.78. The molecule has 0 spiro atoms. The van der Waals surface area contributed by atoms with Crippen LogP contribution in [0.3, 0.4) is 0 Å². The van der Waals surface area contributed by atoms with Crippen LogP contribution in [0.5, 0.6) is 0 Å². The third-order valence-electron chi connectivity index (χ3n) is 5.97. The summed E-state index contributed by atoms with van der Waals surface area (Å²) in [4.78, 5) is 4.94. The van der Waals surface area contributed by atoms with Crippen molar-refractivity contribution in [3.8, 4) is 0 Å².